The third-order valence-corrected chi connectivity index (χ3v) is 4.15. The number of hydrogen-bond donors (Lipinski definition) is 1. The van der Waals surface area contributed by atoms with Crippen LogP contribution in [-0.4, -0.2) is 30.5 Å². The number of nitrogens with one attached hydrogen (secondary N) is 1. The van der Waals surface area contributed by atoms with Crippen molar-refractivity contribution in [3.8, 4) is 5.75 Å². The molecule has 0 saturated carbocycles. The van der Waals surface area contributed by atoms with E-state index in [0.29, 0.717) is 12.5 Å². The lowest BCUT2D eigenvalue weighted by molar-refractivity contribution is -0.130. The Morgan fingerprint density at radius 1 is 1.35 bits per heavy atom. The molecule has 2 unspecified atom stereocenters. The largest absolute Gasteiger partial charge is 0.496 e. The second-order valence-corrected chi connectivity index (χ2v) is 5.80. The van der Waals surface area contributed by atoms with Gasteiger partial charge in [-0.3, -0.25) is 10.1 Å². The minimum absolute atomic E-state index is 0.0375. The number of carbonyl (C=O) groups excluding carboxylic acids is 1. The van der Waals surface area contributed by atoms with Gasteiger partial charge in [0.2, 0.25) is 5.91 Å². The van der Waals surface area contributed by atoms with Crippen molar-refractivity contribution in [1.82, 2.24) is 10.2 Å². The van der Waals surface area contributed by atoms with Crippen LogP contribution in [0.15, 0.2) is 18.2 Å². The number of aryl methyl sites for hydroxylation is 1. The average Bonchev–Trinajstić information content (AvgIpc) is 2.79. The number of nitrogens with zero attached hydrogens (tertiary/aromatic N) is 1. The minimum Gasteiger partial charge on any atom is -0.496 e. The van der Waals surface area contributed by atoms with Crippen molar-refractivity contribution in [1.29, 1.82) is 0 Å². The fourth-order valence-electron chi connectivity index (χ4n) is 2.65. The van der Waals surface area contributed by atoms with Gasteiger partial charge in [0.1, 0.15) is 11.9 Å². The summed E-state index contributed by atoms with van der Waals surface area (Å²) in [6, 6.07) is 6.30. The van der Waals surface area contributed by atoms with Crippen molar-refractivity contribution >= 4 is 5.91 Å². The third kappa shape index (κ3) is 2.66. The van der Waals surface area contributed by atoms with Crippen LogP contribution in [0.3, 0.4) is 0 Å². The first kappa shape index (κ1) is 14.9. The normalized spacial score (nSPS) is 20.6. The summed E-state index contributed by atoms with van der Waals surface area (Å²) >= 11 is 0. The van der Waals surface area contributed by atoms with Crippen LogP contribution in [0.4, 0.5) is 0 Å². The number of amides is 1. The van der Waals surface area contributed by atoms with Crippen molar-refractivity contribution in [2.45, 2.75) is 39.9 Å². The molecule has 0 spiro atoms. The number of hydrogen-bond acceptors (Lipinski definition) is 3. The highest BCUT2D eigenvalue weighted by Crippen LogP contribution is 2.30. The van der Waals surface area contributed by atoms with Crippen molar-refractivity contribution in [3.05, 3.63) is 29.3 Å². The summed E-state index contributed by atoms with van der Waals surface area (Å²) in [6.07, 6.45) is -0.0375. The number of benzene rings is 1. The Balaban J connectivity index is 2.31. The quantitative estimate of drug-likeness (QED) is 0.918. The predicted molar refractivity (Wildman–Crippen MR) is 79.6 cm³/mol. The molecule has 1 fully saturated rings. The van der Waals surface area contributed by atoms with E-state index in [0.717, 1.165) is 16.9 Å². The van der Waals surface area contributed by atoms with Crippen molar-refractivity contribution in [2.75, 3.05) is 13.7 Å². The summed E-state index contributed by atoms with van der Waals surface area (Å²) in [5.74, 6) is 1.48. The summed E-state index contributed by atoms with van der Waals surface area (Å²) < 4.78 is 5.30. The number of ether oxygens (including phenoxy) is 1. The van der Waals surface area contributed by atoms with Gasteiger partial charge in [0.25, 0.3) is 0 Å². The second-order valence-electron chi connectivity index (χ2n) is 5.80. The van der Waals surface area contributed by atoms with Gasteiger partial charge in [0.15, 0.2) is 0 Å². The average molecular weight is 276 g/mol. The summed E-state index contributed by atoms with van der Waals surface area (Å²) in [5, 5.41) is 3.31. The van der Waals surface area contributed by atoms with E-state index in [-0.39, 0.29) is 18.1 Å². The van der Waals surface area contributed by atoms with Crippen molar-refractivity contribution in [2.24, 2.45) is 5.92 Å². The Morgan fingerprint density at radius 2 is 2.05 bits per heavy atom. The van der Waals surface area contributed by atoms with E-state index in [9.17, 15) is 4.79 Å². The van der Waals surface area contributed by atoms with Crippen LogP contribution in [0.25, 0.3) is 0 Å². The molecule has 0 bridgehead atoms. The molecule has 2 rings (SSSR count). The SMILES string of the molecule is COc1ccc(C2NCC(=O)N2C(C)C(C)C)cc1C. The van der Waals surface area contributed by atoms with Crippen molar-refractivity contribution in [3.63, 3.8) is 0 Å². The molecule has 0 aliphatic carbocycles. The molecular weight excluding hydrogens is 252 g/mol. The summed E-state index contributed by atoms with van der Waals surface area (Å²) in [7, 11) is 1.67. The Morgan fingerprint density at radius 3 is 2.60 bits per heavy atom. The zero-order chi connectivity index (χ0) is 14.9. The maximum Gasteiger partial charge on any atom is 0.238 e. The van der Waals surface area contributed by atoms with Crippen LogP contribution >= 0.6 is 0 Å². The molecule has 110 valence electrons. The number of rotatable bonds is 4. The van der Waals surface area contributed by atoms with Crippen LogP contribution in [0.2, 0.25) is 0 Å². The van der Waals surface area contributed by atoms with Gasteiger partial charge in [0.05, 0.1) is 13.7 Å². The molecule has 0 aromatic heterocycles. The van der Waals surface area contributed by atoms with E-state index >= 15 is 0 Å². The lowest BCUT2D eigenvalue weighted by Gasteiger charge is -2.33. The Kier molecular flexibility index (Phi) is 4.33. The number of methoxy groups -OCH3 is 1. The highest BCUT2D eigenvalue weighted by molar-refractivity contribution is 5.81. The fraction of sp³-hybridized carbons (Fsp3) is 0.562. The highest BCUT2D eigenvalue weighted by atomic mass is 16.5. The molecule has 1 heterocycles. The highest BCUT2D eigenvalue weighted by Gasteiger charge is 2.36. The van der Waals surface area contributed by atoms with Gasteiger partial charge in [-0.05, 0) is 43.0 Å². The summed E-state index contributed by atoms with van der Waals surface area (Å²) in [6.45, 7) is 8.83. The molecule has 1 aromatic carbocycles. The maximum atomic E-state index is 12.2. The first-order chi connectivity index (χ1) is 9.45. The van der Waals surface area contributed by atoms with Gasteiger partial charge >= 0.3 is 0 Å². The molecule has 1 aliphatic heterocycles. The standard InChI is InChI=1S/C16H24N2O2/c1-10(2)12(4)18-15(19)9-17-16(18)13-6-7-14(20-5)11(3)8-13/h6-8,10,12,16-17H,9H2,1-5H3. The predicted octanol–water partition coefficient (Wildman–Crippen LogP) is 2.48. The van der Waals surface area contributed by atoms with E-state index in [1.54, 1.807) is 7.11 Å². The van der Waals surface area contributed by atoms with Gasteiger partial charge in [-0.1, -0.05) is 19.9 Å². The smallest absolute Gasteiger partial charge is 0.238 e. The molecule has 4 nitrogen and oxygen atoms in total. The van der Waals surface area contributed by atoms with Crippen LogP contribution in [0.1, 0.15) is 38.1 Å². The van der Waals surface area contributed by atoms with Crippen LogP contribution < -0.4 is 10.1 Å². The molecular formula is C16H24N2O2. The van der Waals surface area contributed by atoms with Crippen LogP contribution in [0, 0.1) is 12.8 Å². The molecule has 1 saturated heterocycles. The molecule has 20 heavy (non-hydrogen) atoms. The monoisotopic (exact) mass is 276 g/mol. The zero-order valence-electron chi connectivity index (χ0n) is 12.9. The maximum absolute atomic E-state index is 12.2. The van der Waals surface area contributed by atoms with Crippen LogP contribution in [-0.2, 0) is 4.79 Å². The van der Waals surface area contributed by atoms with Gasteiger partial charge in [-0.15, -0.1) is 0 Å². The van der Waals surface area contributed by atoms with Gasteiger partial charge < -0.3 is 9.64 Å². The first-order valence-electron chi connectivity index (χ1n) is 7.14. The topological polar surface area (TPSA) is 41.6 Å². The fourth-order valence-corrected chi connectivity index (χ4v) is 2.65. The van der Waals surface area contributed by atoms with E-state index in [2.05, 4.69) is 32.2 Å². The lowest BCUT2D eigenvalue weighted by Crippen LogP contribution is -2.40. The van der Waals surface area contributed by atoms with E-state index < -0.39 is 0 Å². The Labute approximate surface area is 121 Å². The minimum atomic E-state index is -0.0375. The zero-order valence-corrected chi connectivity index (χ0v) is 12.9. The van der Waals surface area contributed by atoms with E-state index in [1.165, 1.54) is 0 Å². The molecule has 1 aromatic rings. The Bertz CT molecular complexity index is 499. The number of carbonyl (C=O) groups is 1. The third-order valence-electron chi connectivity index (χ3n) is 4.15. The van der Waals surface area contributed by atoms with Crippen LogP contribution in [0.5, 0.6) is 5.75 Å². The second kappa shape index (κ2) is 5.83. The molecule has 0 radical (unpaired) electrons. The molecule has 4 heteroatoms. The molecule has 1 amide bonds. The summed E-state index contributed by atoms with van der Waals surface area (Å²) in [4.78, 5) is 14.1. The van der Waals surface area contributed by atoms with E-state index in [1.807, 2.05) is 24.0 Å². The van der Waals surface area contributed by atoms with Gasteiger partial charge in [-0.25, -0.2) is 0 Å². The summed E-state index contributed by atoms with van der Waals surface area (Å²) in [5.41, 5.74) is 2.20. The van der Waals surface area contributed by atoms with Crippen molar-refractivity contribution < 1.29 is 9.53 Å². The van der Waals surface area contributed by atoms with E-state index in [4.69, 9.17) is 4.74 Å². The molecule has 2 atom stereocenters. The van der Waals surface area contributed by atoms with Gasteiger partial charge in [0, 0.05) is 6.04 Å². The van der Waals surface area contributed by atoms with Gasteiger partial charge in [-0.2, -0.15) is 0 Å². The Hall–Kier alpha value is -1.55. The lowest BCUT2D eigenvalue weighted by atomic mass is 10.0. The first-order valence-corrected chi connectivity index (χ1v) is 7.14. The molecule has 1 N–H and O–H groups in total. The molecule has 1 aliphatic rings.